The van der Waals surface area contributed by atoms with Crippen LogP contribution in [0.3, 0.4) is 0 Å². The van der Waals surface area contributed by atoms with Crippen LogP contribution >= 0.6 is 0 Å². The van der Waals surface area contributed by atoms with Crippen LogP contribution in [-0.2, 0) is 19.7 Å². The van der Waals surface area contributed by atoms with E-state index in [4.69, 9.17) is 9.26 Å². The Kier molecular flexibility index (Phi) is 6.53. The van der Waals surface area contributed by atoms with Gasteiger partial charge in [0.15, 0.2) is 5.82 Å². The number of hydrogen-bond acceptors (Lipinski definition) is 6. The molecule has 9 heteroatoms. The van der Waals surface area contributed by atoms with Crippen LogP contribution in [0.15, 0.2) is 34.9 Å². The molecule has 178 valence electrons. The molecular formula is C24H32N4O5. The summed E-state index contributed by atoms with van der Waals surface area (Å²) in [5, 5.41) is 6.68. The quantitative estimate of drug-likeness (QED) is 0.727. The second kappa shape index (κ2) is 8.88. The van der Waals surface area contributed by atoms with E-state index in [1.165, 1.54) is 9.80 Å². The number of aromatic nitrogens is 1. The molecule has 1 fully saturated rings. The van der Waals surface area contributed by atoms with Gasteiger partial charge in [-0.05, 0) is 51.5 Å². The Balaban J connectivity index is 1.73. The molecule has 1 unspecified atom stereocenters. The van der Waals surface area contributed by atoms with Crippen molar-refractivity contribution in [3.8, 4) is 0 Å². The molecule has 3 amide bonds. The van der Waals surface area contributed by atoms with Crippen LogP contribution < -0.4 is 15.1 Å². The summed E-state index contributed by atoms with van der Waals surface area (Å²) >= 11 is 0. The first kappa shape index (κ1) is 24.3. The largest absolute Gasteiger partial charge is 0.443 e. The number of rotatable bonds is 4. The van der Waals surface area contributed by atoms with Gasteiger partial charge in [0.1, 0.15) is 17.4 Å². The monoisotopic (exact) mass is 456 g/mol. The highest BCUT2D eigenvalue weighted by atomic mass is 16.6. The first-order valence-electron chi connectivity index (χ1n) is 10.9. The van der Waals surface area contributed by atoms with E-state index in [-0.39, 0.29) is 23.7 Å². The lowest BCUT2D eigenvalue weighted by Gasteiger charge is -2.26. The van der Waals surface area contributed by atoms with E-state index in [0.717, 1.165) is 0 Å². The zero-order valence-corrected chi connectivity index (χ0v) is 20.3. The Labute approximate surface area is 194 Å². The Morgan fingerprint density at radius 3 is 2.33 bits per heavy atom. The van der Waals surface area contributed by atoms with Crippen LogP contribution in [0, 0.1) is 0 Å². The summed E-state index contributed by atoms with van der Waals surface area (Å²) < 4.78 is 10.7. The van der Waals surface area contributed by atoms with Gasteiger partial charge < -0.3 is 14.6 Å². The maximum atomic E-state index is 12.9. The predicted molar refractivity (Wildman–Crippen MR) is 125 cm³/mol. The van der Waals surface area contributed by atoms with Crippen molar-refractivity contribution in [1.82, 2.24) is 5.16 Å². The molecule has 1 saturated heterocycles. The summed E-state index contributed by atoms with van der Waals surface area (Å²) in [6, 6.07) is 7.89. The van der Waals surface area contributed by atoms with Crippen molar-refractivity contribution in [2.24, 2.45) is 0 Å². The Morgan fingerprint density at radius 2 is 1.79 bits per heavy atom. The van der Waals surface area contributed by atoms with E-state index >= 15 is 0 Å². The van der Waals surface area contributed by atoms with Crippen LogP contribution in [0.4, 0.5) is 22.0 Å². The number of ether oxygens (including phenoxy) is 1. The molecule has 0 aliphatic carbocycles. The molecular weight excluding hydrogens is 424 g/mol. The van der Waals surface area contributed by atoms with Crippen molar-refractivity contribution in [2.45, 2.75) is 71.4 Å². The van der Waals surface area contributed by atoms with Crippen LogP contribution in [0.5, 0.6) is 0 Å². The zero-order chi connectivity index (χ0) is 24.6. The number of nitrogens with zero attached hydrogens (tertiary/aromatic N) is 3. The summed E-state index contributed by atoms with van der Waals surface area (Å²) in [5.41, 5.74) is 0.345. The van der Waals surface area contributed by atoms with Gasteiger partial charge in [-0.1, -0.05) is 25.9 Å². The van der Waals surface area contributed by atoms with E-state index < -0.39 is 17.7 Å². The van der Waals surface area contributed by atoms with E-state index in [9.17, 15) is 14.4 Å². The van der Waals surface area contributed by atoms with Gasteiger partial charge in [0.2, 0.25) is 11.8 Å². The lowest BCUT2D eigenvalue weighted by molar-refractivity contribution is -0.120. The molecule has 1 atom stereocenters. The molecule has 2 heterocycles. The van der Waals surface area contributed by atoms with Gasteiger partial charge in [-0.25, -0.2) is 4.79 Å². The van der Waals surface area contributed by atoms with Gasteiger partial charge in [0.05, 0.1) is 0 Å². The molecule has 1 aliphatic rings. The van der Waals surface area contributed by atoms with Crippen molar-refractivity contribution >= 4 is 35.1 Å². The van der Waals surface area contributed by atoms with Crippen molar-refractivity contribution in [1.29, 1.82) is 0 Å². The number of carbonyl (C=O) groups excluding carboxylic acids is 3. The Bertz CT molecular complexity index is 1030. The summed E-state index contributed by atoms with van der Waals surface area (Å²) in [7, 11) is 1.62. The lowest BCUT2D eigenvalue weighted by Crippen LogP contribution is -2.41. The fourth-order valence-corrected chi connectivity index (χ4v) is 3.43. The second-order valence-corrected chi connectivity index (χ2v) is 10.2. The van der Waals surface area contributed by atoms with E-state index in [0.29, 0.717) is 29.4 Å². The van der Waals surface area contributed by atoms with E-state index in [2.05, 4.69) is 10.5 Å². The zero-order valence-electron chi connectivity index (χ0n) is 20.3. The highest BCUT2D eigenvalue weighted by molar-refractivity contribution is 6.07. The molecule has 1 N–H and O–H groups in total. The van der Waals surface area contributed by atoms with Gasteiger partial charge in [-0.15, -0.1) is 0 Å². The first-order valence-corrected chi connectivity index (χ1v) is 10.9. The Hall–Kier alpha value is -3.36. The minimum atomic E-state index is -0.665. The number of anilines is 3. The molecule has 0 radical (unpaired) electrons. The summed E-state index contributed by atoms with van der Waals surface area (Å²) in [4.78, 5) is 40.7. The van der Waals surface area contributed by atoms with Gasteiger partial charge >= 0.3 is 6.09 Å². The highest BCUT2D eigenvalue weighted by Crippen LogP contribution is 2.30. The van der Waals surface area contributed by atoms with Gasteiger partial charge in [-0.2, -0.15) is 0 Å². The minimum Gasteiger partial charge on any atom is -0.443 e. The normalized spacial score (nSPS) is 16.6. The van der Waals surface area contributed by atoms with Gasteiger partial charge in [0, 0.05) is 36.3 Å². The SMILES string of the molecule is CN(C(=O)OC(C)(C)C)c1ccc(N2C(=O)CCC2C(=O)Nc2cc(C(C)(C)C)on2)cc1. The number of amides is 3. The molecule has 0 bridgehead atoms. The molecule has 33 heavy (non-hydrogen) atoms. The summed E-state index contributed by atoms with van der Waals surface area (Å²) in [6.45, 7) is 11.4. The average molecular weight is 457 g/mol. The summed E-state index contributed by atoms with van der Waals surface area (Å²) in [6.07, 6.45) is 0.185. The standard InChI is InChI=1S/C24H32N4O5/c1-23(2,3)18-14-19(26-33-18)25-21(30)17-12-13-20(29)28(17)16-10-8-15(9-11-16)27(7)22(31)32-24(4,5)6/h8-11,14,17H,12-13H2,1-7H3,(H,25,26,30). The second-order valence-electron chi connectivity index (χ2n) is 10.2. The molecule has 3 rings (SSSR count). The van der Waals surface area contributed by atoms with Gasteiger partial charge in [-0.3, -0.25) is 19.4 Å². The van der Waals surface area contributed by atoms with Crippen LogP contribution in [0.25, 0.3) is 0 Å². The fourth-order valence-electron chi connectivity index (χ4n) is 3.43. The number of carbonyl (C=O) groups is 3. The average Bonchev–Trinajstić information content (AvgIpc) is 3.33. The maximum Gasteiger partial charge on any atom is 0.414 e. The smallest absolute Gasteiger partial charge is 0.414 e. The maximum absolute atomic E-state index is 12.9. The Morgan fingerprint density at radius 1 is 1.15 bits per heavy atom. The topological polar surface area (TPSA) is 105 Å². The van der Waals surface area contributed by atoms with Crippen molar-refractivity contribution in [3.63, 3.8) is 0 Å². The van der Waals surface area contributed by atoms with Crippen molar-refractivity contribution < 1.29 is 23.6 Å². The lowest BCUT2D eigenvalue weighted by atomic mass is 9.93. The third-order valence-corrected chi connectivity index (χ3v) is 5.20. The number of benzene rings is 1. The third kappa shape index (κ3) is 5.71. The van der Waals surface area contributed by atoms with Crippen molar-refractivity contribution in [2.75, 3.05) is 22.2 Å². The van der Waals surface area contributed by atoms with E-state index in [1.54, 1.807) is 58.2 Å². The van der Waals surface area contributed by atoms with Crippen LogP contribution in [-0.4, -0.2) is 41.8 Å². The predicted octanol–water partition coefficient (Wildman–Crippen LogP) is 4.48. The third-order valence-electron chi connectivity index (χ3n) is 5.20. The molecule has 2 aromatic rings. The van der Waals surface area contributed by atoms with Crippen molar-refractivity contribution in [3.05, 3.63) is 36.1 Å². The van der Waals surface area contributed by atoms with Gasteiger partial charge in [0.25, 0.3) is 0 Å². The molecule has 1 aliphatic heterocycles. The van der Waals surface area contributed by atoms with Crippen LogP contribution in [0.1, 0.15) is 60.1 Å². The molecule has 0 spiro atoms. The van der Waals surface area contributed by atoms with E-state index in [1.807, 2.05) is 20.8 Å². The fraction of sp³-hybridized carbons (Fsp3) is 0.500. The minimum absolute atomic E-state index is 0.140. The molecule has 0 saturated carbocycles. The molecule has 9 nitrogen and oxygen atoms in total. The molecule has 1 aromatic heterocycles. The van der Waals surface area contributed by atoms with Crippen LogP contribution in [0.2, 0.25) is 0 Å². The number of nitrogens with one attached hydrogen (secondary N) is 1. The molecule has 1 aromatic carbocycles. The summed E-state index contributed by atoms with van der Waals surface area (Å²) in [5.74, 6) is 0.504. The highest BCUT2D eigenvalue weighted by Gasteiger charge is 2.37. The number of hydrogen-bond donors (Lipinski definition) is 1. The first-order chi connectivity index (χ1) is 15.3.